The second-order valence-electron chi connectivity index (χ2n) is 4.00. The molecule has 0 spiro atoms. The number of halogens is 2. The van der Waals surface area contributed by atoms with Crippen molar-refractivity contribution in [2.45, 2.75) is 0 Å². The molecule has 0 bridgehead atoms. The summed E-state index contributed by atoms with van der Waals surface area (Å²) in [6.07, 6.45) is 0. The van der Waals surface area contributed by atoms with Crippen LogP contribution in [-0.4, -0.2) is 43.5 Å². The first kappa shape index (κ1) is 12.0. The van der Waals surface area contributed by atoms with Gasteiger partial charge in [-0.25, -0.2) is 0 Å². The van der Waals surface area contributed by atoms with Gasteiger partial charge in [-0.1, -0.05) is 17.7 Å². The highest BCUT2D eigenvalue weighted by Gasteiger charge is 2.16. The van der Waals surface area contributed by atoms with E-state index in [-0.39, 0.29) is 0 Å². The molecule has 0 unspecified atom stereocenters. The van der Waals surface area contributed by atoms with E-state index in [0.717, 1.165) is 43.6 Å². The molecule has 2 nitrogen and oxygen atoms in total. The Morgan fingerprint density at radius 3 is 2.50 bits per heavy atom. The van der Waals surface area contributed by atoms with Gasteiger partial charge in [-0.2, -0.15) is 0 Å². The van der Waals surface area contributed by atoms with Gasteiger partial charge < -0.3 is 4.90 Å². The number of alkyl halides is 1. The van der Waals surface area contributed by atoms with Gasteiger partial charge in [0.25, 0.3) is 0 Å². The van der Waals surface area contributed by atoms with Crippen LogP contribution in [0.4, 0.5) is 5.69 Å². The van der Waals surface area contributed by atoms with Crippen LogP contribution >= 0.6 is 23.2 Å². The summed E-state index contributed by atoms with van der Waals surface area (Å²) in [5.74, 6) is 0.719. The zero-order chi connectivity index (χ0) is 11.4. The quantitative estimate of drug-likeness (QED) is 0.770. The van der Waals surface area contributed by atoms with Crippen molar-refractivity contribution in [3.05, 3.63) is 29.3 Å². The molecule has 1 fully saturated rings. The zero-order valence-electron chi connectivity index (χ0n) is 9.20. The van der Waals surface area contributed by atoms with E-state index >= 15 is 0 Å². The molecule has 1 aliphatic rings. The van der Waals surface area contributed by atoms with Crippen LogP contribution in [0.15, 0.2) is 24.3 Å². The van der Waals surface area contributed by atoms with Gasteiger partial charge in [-0.15, -0.1) is 11.6 Å². The Balaban J connectivity index is 1.94. The van der Waals surface area contributed by atoms with Crippen LogP contribution in [-0.2, 0) is 0 Å². The monoisotopic (exact) mass is 258 g/mol. The van der Waals surface area contributed by atoms with Gasteiger partial charge in [-0.05, 0) is 18.2 Å². The summed E-state index contributed by atoms with van der Waals surface area (Å²) in [5.41, 5.74) is 1.22. The lowest BCUT2D eigenvalue weighted by Crippen LogP contribution is -2.46. The molecule has 1 aliphatic heterocycles. The van der Waals surface area contributed by atoms with Crippen molar-refractivity contribution in [2.24, 2.45) is 0 Å². The fourth-order valence-electron chi connectivity index (χ4n) is 2.02. The van der Waals surface area contributed by atoms with Crippen molar-refractivity contribution in [1.82, 2.24) is 4.90 Å². The molecule has 1 heterocycles. The average molecular weight is 259 g/mol. The first-order valence-electron chi connectivity index (χ1n) is 5.58. The fourth-order valence-corrected chi connectivity index (χ4v) is 2.45. The maximum absolute atomic E-state index is 5.99. The summed E-state index contributed by atoms with van der Waals surface area (Å²) < 4.78 is 0. The highest BCUT2D eigenvalue weighted by atomic mass is 35.5. The Kier molecular flexibility index (Phi) is 4.33. The smallest absolute Gasteiger partial charge is 0.0426 e. The topological polar surface area (TPSA) is 6.48 Å². The lowest BCUT2D eigenvalue weighted by Gasteiger charge is -2.35. The molecule has 4 heteroatoms. The van der Waals surface area contributed by atoms with E-state index in [1.165, 1.54) is 5.69 Å². The molecule has 0 atom stereocenters. The predicted molar refractivity (Wildman–Crippen MR) is 70.8 cm³/mol. The Labute approximate surface area is 107 Å². The molecule has 0 aromatic heterocycles. The molecular formula is C12H16Cl2N2. The van der Waals surface area contributed by atoms with E-state index in [1.807, 2.05) is 18.2 Å². The molecule has 0 aliphatic carbocycles. The summed E-state index contributed by atoms with van der Waals surface area (Å²) in [6, 6.07) is 8.06. The molecule has 1 saturated heterocycles. The third kappa shape index (κ3) is 3.03. The molecule has 1 aromatic rings. The van der Waals surface area contributed by atoms with Crippen molar-refractivity contribution in [1.29, 1.82) is 0 Å². The lowest BCUT2D eigenvalue weighted by atomic mass is 10.2. The van der Waals surface area contributed by atoms with E-state index < -0.39 is 0 Å². The molecule has 0 saturated carbocycles. The zero-order valence-corrected chi connectivity index (χ0v) is 10.7. The van der Waals surface area contributed by atoms with Gasteiger partial charge >= 0.3 is 0 Å². The minimum atomic E-state index is 0.719. The average Bonchev–Trinajstić information content (AvgIpc) is 2.30. The third-order valence-electron chi connectivity index (χ3n) is 2.95. The standard InChI is InChI=1S/C12H16Cl2N2/c13-4-5-15-6-8-16(9-7-15)12-3-1-2-11(14)10-12/h1-3,10H,4-9H2. The molecule has 0 N–H and O–H groups in total. The molecular weight excluding hydrogens is 243 g/mol. The van der Waals surface area contributed by atoms with Gasteiger partial charge in [0.05, 0.1) is 0 Å². The Hall–Kier alpha value is -0.440. The first-order valence-corrected chi connectivity index (χ1v) is 6.49. The fraction of sp³-hybridized carbons (Fsp3) is 0.500. The summed E-state index contributed by atoms with van der Waals surface area (Å²) in [6.45, 7) is 5.26. The van der Waals surface area contributed by atoms with Crippen molar-refractivity contribution >= 4 is 28.9 Å². The minimum absolute atomic E-state index is 0.719. The highest BCUT2D eigenvalue weighted by molar-refractivity contribution is 6.30. The molecule has 2 rings (SSSR count). The molecule has 1 aromatic carbocycles. The Bertz CT molecular complexity index is 336. The van der Waals surface area contributed by atoms with E-state index in [9.17, 15) is 0 Å². The second-order valence-corrected chi connectivity index (χ2v) is 4.81. The number of anilines is 1. The molecule has 0 radical (unpaired) electrons. The van der Waals surface area contributed by atoms with E-state index in [0.29, 0.717) is 0 Å². The molecule has 16 heavy (non-hydrogen) atoms. The lowest BCUT2D eigenvalue weighted by molar-refractivity contribution is 0.272. The number of hydrogen-bond donors (Lipinski definition) is 0. The first-order chi connectivity index (χ1) is 7.79. The van der Waals surface area contributed by atoms with Gasteiger partial charge in [0, 0.05) is 49.3 Å². The number of rotatable bonds is 3. The summed E-state index contributed by atoms with van der Waals surface area (Å²) in [4.78, 5) is 4.77. The van der Waals surface area contributed by atoms with Crippen molar-refractivity contribution < 1.29 is 0 Å². The van der Waals surface area contributed by atoms with Crippen LogP contribution in [0.25, 0.3) is 0 Å². The van der Waals surface area contributed by atoms with Crippen LogP contribution in [0.3, 0.4) is 0 Å². The Morgan fingerprint density at radius 2 is 1.88 bits per heavy atom. The number of benzene rings is 1. The number of piperazine rings is 1. The van der Waals surface area contributed by atoms with Crippen molar-refractivity contribution in [3.63, 3.8) is 0 Å². The van der Waals surface area contributed by atoms with Crippen LogP contribution in [0, 0.1) is 0 Å². The van der Waals surface area contributed by atoms with E-state index in [1.54, 1.807) is 0 Å². The summed E-state index contributed by atoms with van der Waals surface area (Å²) >= 11 is 11.7. The maximum Gasteiger partial charge on any atom is 0.0426 e. The van der Waals surface area contributed by atoms with Crippen LogP contribution < -0.4 is 4.90 Å². The normalized spacial score (nSPS) is 17.8. The highest BCUT2D eigenvalue weighted by Crippen LogP contribution is 2.20. The molecule has 0 amide bonds. The summed E-state index contributed by atoms with van der Waals surface area (Å²) in [5, 5.41) is 0.806. The maximum atomic E-state index is 5.99. The van der Waals surface area contributed by atoms with E-state index in [2.05, 4.69) is 15.9 Å². The van der Waals surface area contributed by atoms with Crippen LogP contribution in [0.1, 0.15) is 0 Å². The molecule has 88 valence electrons. The second kappa shape index (κ2) is 5.76. The van der Waals surface area contributed by atoms with Crippen molar-refractivity contribution in [3.8, 4) is 0 Å². The summed E-state index contributed by atoms with van der Waals surface area (Å²) in [7, 11) is 0. The van der Waals surface area contributed by atoms with E-state index in [4.69, 9.17) is 23.2 Å². The van der Waals surface area contributed by atoms with Gasteiger partial charge in [0.15, 0.2) is 0 Å². The van der Waals surface area contributed by atoms with Gasteiger partial charge in [0.2, 0.25) is 0 Å². The van der Waals surface area contributed by atoms with Crippen molar-refractivity contribution in [2.75, 3.05) is 43.5 Å². The van der Waals surface area contributed by atoms with Gasteiger partial charge in [-0.3, -0.25) is 4.90 Å². The number of hydrogen-bond acceptors (Lipinski definition) is 2. The Morgan fingerprint density at radius 1 is 1.12 bits per heavy atom. The third-order valence-corrected chi connectivity index (χ3v) is 3.35. The number of nitrogens with zero attached hydrogens (tertiary/aromatic N) is 2. The van der Waals surface area contributed by atoms with Gasteiger partial charge in [0.1, 0.15) is 0 Å². The SMILES string of the molecule is ClCCN1CCN(c2cccc(Cl)c2)CC1. The minimum Gasteiger partial charge on any atom is -0.369 e. The predicted octanol–water partition coefficient (Wildman–Crippen LogP) is 2.70. The van der Waals surface area contributed by atoms with Crippen LogP contribution in [0.2, 0.25) is 5.02 Å². The largest absolute Gasteiger partial charge is 0.369 e. The van der Waals surface area contributed by atoms with Crippen LogP contribution in [0.5, 0.6) is 0 Å².